The second kappa shape index (κ2) is 7.67. The number of carbonyl (C=O) groups excluding carboxylic acids is 1. The zero-order chi connectivity index (χ0) is 21.6. The van der Waals surface area contributed by atoms with Crippen LogP contribution in [0.2, 0.25) is 0 Å². The lowest BCUT2D eigenvalue weighted by atomic mass is 9.94. The molecule has 31 heavy (non-hydrogen) atoms. The Morgan fingerprint density at radius 3 is 2.90 bits per heavy atom. The zero-order valence-corrected chi connectivity index (χ0v) is 18.2. The van der Waals surface area contributed by atoms with E-state index in [1.54, 1.807) is 27.1 Å². The standard InChI is InChI=1S/C22H23N5O3S/c1-22(2)10-15-16(12-30-22)31-20-17(15)19-24-18(25-27(19)13-23-20)21(29)26(8-9-28)11-14-6-4-3-5-7-14/h3-7,13,28H,8-12H2,1-2H3. The molecule has 0 spiro atoms. The molecule has 1 aliphatic heterocycles. The zero-order valence-electron chi connectivity index (χ0n) is 17.4. The normalized spacial score (nSPS) is 15.3. The molecule has 1 amide bonds. The van der Waals surface area contributed by atoms with Crippen LogP contribution in [0.1, 0.15) is 40.5 Å². The van der Waals surface area contributed by atoms with Gasteiger partial charge in [-0.1, -0.05) is 30.3 Å². The summed E-state index contributed by atoms with van der Waals surface area (Å²) in [7, 11) is 0. The van der Waals surface area contributed by atoms with Crippen molar-refractivity contribution in [3.63, 3.8) is 0 Å². The summed E-state index contributed by atoms with van der Waals surface area (Å²) in [5, 5.41) is 14.8. The summed E-state index contributed by atoms with van der Waals surface area (Å²) in [6, 6.07) is 9.67. The number of hydrogen-bond donors (Lipinski definition) is 1. The number of aliphatic hydroxyl groups excluding tert-OH is 1. The third-order valence-corrected chi connectivity index (χ3v) is 6.59. The fourth-order valence-electron chi connectivity index (χ4n) is 3.95. The first-order valence-corrected chi connectivity index (χ1v) is 11.0. The highest BCUT2D eigenvalue weighted by molar-refractivity contribution is 7.19. The van der Waals surface area contributed by atoms with E-state index >= 15 is 0 Å². The molecular formula is C22H23N5O3S. The number of benzene rings is 1. The molecule has 5 rings (SSSR count). The largest absolute Gasteiger partial charge is 0.395 e. The minimum atomic E-state index is -0.317. The molecule has 0 radical (unpaired) electrons. The first-order valence-electron chi connectivity index (χ1n) is 10.2. The van der Waals surface area contributed by atoms with Gasteiger partial charge in [-0.2, -0.15) is 0 Å². The molecule has 0 saturated heterocycles. The van der Waals surface area contributed by atoms with Gasteiger partial charge in [0.25, 0.3) is 5.91 Å². The highest BCUT2D eigenvalue weighted by atomic mass is 32.1. The van der Waals surface area contributed by atoms with Gasteiger partial charge in [0.2, 0.25) is 5.82 Å². The monoisotopic (exact) mass is 437 g/mol. The van der Waals surface area contributed by atoms with Crippen molar-refractivity contribution >= 4 is 33.1 Å². The average Bonchev–Trinajstić information content (AvgIpc) is 3.34. The third kappa shape index (κ3) is 3.69. The number of hydrogen-bond acceptors (Lipinski definition) is 7. The Morgan fingerprint density at radius 2 is 2.13 bits per heavy atom. The number of thiophene rings is 1. The van der Waals surface area contributed by atoms with Gasteiger partial charge >= 0.3 is 0 Å². The van der Waals surface area contributed by atoms with Crippen LogP contribution in [0.3, 0.4) is 0 Å². The van der Waals surface area contributed by atoms with Crippen molar-refractivity contribution in [1.29, 1.82) is 0 Å². The molecular weight excluding hydrogens is 414 g/mol. The summed E-state index contributed by atoms with van der Waals surface area (Å²) < 4.78 is 7.52. The van der Waals surface area contributed by atoms with Crippen LogP contribution in [0.25, 0.3) is 15.9 Å². The van der Waals surface area contributed by atoms with Gasteiger partial charge in [0.15, 0.2) is 5.65 Å². The third-order valence-electron chi connectivity index (χ3n) is 5.47. The summed E-state index contributed by atoms with van der Waals surface area (Å²) in [5.41, 5.74) is 2.52. The summed E-state index contributed by atoms with van der Waals surface area (Å²) in [5.74, 6) is -0.215. The Bertz CT molecular complexity index is 1260. The van der Waals surface area contributed by atoms with Gasteiger partial charge in [0.1, 0.15) is 11.2 Å². The molecule has 0 unspecified atom stereocenters. The second-order valence-electron chi connectivity index (χ2n) is 8.29. The van der Waals surface area contributed by atoms with E-state index in [1.807, 2.05) is 30.3 Å². The van der Waals surface area contributed by atoms with E-state index in [0.717, 1.165) is 27.1 Å². The summed E-state index contributed by atoms with van der Waals surface area (Å²) in [4.78, 5) is 26.0. The van der Waals surface area contributed by atoms with E-state index in [1.165, 1.54) is 5.56 Å². The number of aliphatic hydroxyl groups is 1. The Morgan fingerprint density at radius 1 is 1.32 bits per heavy atom. The van der Waals surface area contributed by atoms with Gasteiger partial charge in [0.05, 0.1) is 24.2 Å². The molecule has 0 aliphatic carbocycles. The summed E-state index contributed by atoms with van der Waals surface area (Å²) >= 11 is 1.60. The van der Waals surface area contributed by atoms with Crippen molar-refractivity contribution in [2.24, 2.45) is 0 Å². The molecule has 0 atom stereocenters. The van der Waals surface area contributed by atoms with Gasteiger partial charge < -0.3 is 14.7 Å². The summed E-state index contributed by atoms with van der Waals surface area (Å²) in [6.07, 6.45) is 2.35. The summed E-state index contributed by atoms with van der Waals surface area (Å²) in [6.45, 7) is 5.14. The number of aromatic nitrogens is 4. The van der Waals surface area contributed by atoms with Crippen molar-refractivity contribution in [2.45, 2.75) is 39.0 Å². The minimum absolute atomic E-state index is 0.102. The van der Waals surface area contributed by atoms with Crippen molar-refractivity contribution in [3.8, 4) is 0 Å². The smallest absolute Gasteiger partial charge is 0.293 e. The van der Waals surface area contributed by atoms with Crippen molar-refractivity contribution < 1.29 is 14.6 Å². The Hall–Kier alpha value is -2.88. The fraction of sp³-hybridized carbons (Fsp3) is 0.364. The highest BCUT2D eigenvalue weighted by Crippen LogP contribution is 2.39. The topological polar surface area (TPSA) is 92.9 Å². The molecule has 8 nitrogen and oxygen atoms in total. The minimum Gasteiger partial charge on any atom is -0.395 e. The first kappa shape index (κ1) is 20.0. The molecule has 1 N–H and O–H groups in total. The van der Waals surface area contributed by atoms with Gasteiger partial charge in [-0.05, 0) is 25.0 Å². The van der Waals surface area contributed by atoms with Crippen LogP contribution in [-0.2, 0) is 24.3 Å². The quantitative estimate of drug-likeness (QED) is 0.516. The van der Waals surface area contributed by atoms with Crippen LogP contribution in [0.4, 0.5) is 0 Å². The molecule has 3 aromatic heterocycles. The highest BCUT2D eigenvalue weighted by Gasteiger charge is 2.31. The molecule has 0 saturated carbocycles. The van der Waals surface area contributed by atoms with Crippen molar-refractivity contribution in [2.75, 3.05) is 13.2 Å². The van der Waals surface area contributed by atoms with Crippen molar-refractivity contribution in [1.82, 2.24) is 24.5 Å². The molecule has 4 heterocycles. The Labute approximate surface area is 183 Å². The SMILES string of the molecule is CC1(C)Cc2c(sc3ncn4nc(C(=O)N(CCO)Cc5ccccc5)nc4c23)CO1. The Kier molecular flexibility index (Phi) is 4.96. The van der Waals surface area contributed by atoms with Gasteiger partial charge in [-0.15, -0.1) is 16.4 Å². The van der Waals surface area contributed by atoms with E-state index in [9.17, 15) is 9.90 Å². The van der Waals surface area contributed by atoms with E-state index < -0.39 is 0 Å². The molecule has 160 valence electrons. The maximum atomic E-state index is 13.2. The number of ether oxygens (including phenoxy) is 1. The van der Waals surface area contributed by atoms with Crippen LogP contribution in [-0.4, -0.2) is 54.2 Å². The van der Waals surface area contributed by atoms with Crippen LogP contribution in [0.5, 0.6) is 0 Å². The molecule has 0 fully saturated rings. The fourth-order valence-corrected chi connectivity index (χ4v) is 5.02. The molecule has 9 heteroatoms. The van der Waals surface area contributed by atoms with Crippen LogP contribution >= 0.6 is 11.3 Å². The second-order valence-corrected chi connectivity index (χ2v) is 9.38. The maximum absolute atomic E-state index is 13.2. The van der Waals surface area contributed by atoms with Gasteiger partial charge in [0, 0.05) is 24.4 Å². The molecule has 1 aromatic carbocycles. The lowest BCUT2D eigenvalue weighted by molar-refractivity contribution is -0.0379. The number of fused-ring (bicyclic) bond motifs is 5. The Balaban J connectivity index is 1.55. The molecule has 4 aromatic rings. The molecule has 1 aliphatic rings. The van der Waals surface area contributed by atoms with Gasteiger partial charge in [-0.25, -0.2) is 14.5 Å². The lowest BCUT2D eigenvalue weighted by Crippen LogP contribution is -2.33. The maximum Gasteiger partial charge on any atom is 0.293 e. The van der Waals surface area contributed by atoms with E-state index in [-0.39, 0.29) is 30.5 Å². The van der Waals surface area contributed by atoms with Crippen molar-refractivity contribution in [3.05, 3.63) is 58.5 Å². The molecule has 0 bridgehead atoms. The first-order chi connectivity index (χ1) is 14.9. The number of rotatable bonds is 5. The average molecular weight is 438 g/mol. The predicted molar refractivity (Wildman–Crippen MR) is 117 cm³/mol. The van der Waals surface area contributed by atoms with Crippen LogP contribution in [0, 0.1) is 0 Å². The number of amides is 1. The van der Waals surface area contributed by atoms with Gasteiger partial charge in [-0.3, -0.25) is 4.79 Å². The van der Waals surface area contributed by atoms with Crippen LogP contribution < -0.4 is 0 Å². The van der Waals surface area contributed by atoms with E-state index in [0.29, 0.717) is 18.8 Å². The van der Waals surface area contributed by atoms with Crippen LogP contribution in [0.15, 0.2) is 36.7 Å². The van der Waals surface area contributed by atoms with E-state index in [4.69, 9.17) is 4.74 Å². The number of nitrogens with zero attached hydrogens (tertiary/aromatic N) is 5. The number of carbonyl (C=O) groups is 1. The van der Waals surface area contributed by atoms with E-state index in [2.05, 4.69) is 28.9 Å². The lowest BCUT2D eigenvalue weighted by Gasteiger charge is -2.30. The predicted octanol–water partition coefficient (Wildman–Crippen LogP) is 2.83.